The zero-order valence-electron chi connectivity index (χ0n) is 7.33. The highest BCUT2D eigenvalue weighted by molar-refractivity contribution is 5.29. The fourth-order valence-corrected chi connectivity index (χ4v) is 1.31. The molecule has 0 fully saturated rings. The van der Waals surface area contributed by atoms with Crippen LogP contribution in [-0.2, 0) is 6.42 Å². The Morgan fingerprint density at radius 2 is 2.08 bits per heavy atom. The van der Waals surface area contributed by atoms with Gasteiger partial charge in [-0.05, 0) is 17.5 Å². The first-order chi connectivity index (χ1) is 5.79. The fourth-order valence-electron chi connectivity index (χ4n) is 1.31. The third kappa shape index (κ3) is 1.84. The standard InChI is InChI=1S/C10H15NO/c1-2-8-5-3-4-6-9(8)10(12)7-11/h3-6,10,12H,2,7,11H2,1H3/t10-/m1/s1. The van der Waals surface area contributed by atoms with E-state index in [1.165, 1.54) is 5.56 Å². The van der Waals surface area contributed by atoms with E-state index in [0.29, 0.717) is 0 Å². The maximum absolute atomic E-state index is 9.52. The number of hydrogen-bond acceptors (Lipinski definition) is 2. The van der Waals surface area contributed by atoms with E-state index in [1.54, 1.807) is 0 Å². The van der Waals surface area contributed by atoms with E-state index in [4.69, 9.17) is 5.73 Å². The maximum atomic E-state index is 9.52. The molecule has 0 amide bonds. The van der Waals surface area contributed by atoms with Crippen LogP contribution in [0.25, 0.3) is 0 Å². The van der Waals surface area contributed by atoms with E-state index in [1.807, 2.05) is 24.3 Å². The van der Waals surface area contributed by atoms with Crippen molar-refractivity contribution in [3.63, 3.8) is 0 Å². The minimum absolute atomic E-state index is 0.289. The molecule has 66 valence electrons. The third-order valence-corrected chi connectivity index (χ3v) is 2.02. The lowest BCUT2D eigenvalue weighted by Gasteiger charge is -2.11. The molecule has 0 aromatic heterocycles. The molecule has 0 aliphatic carbocycles. The monoisotopic (exact) mass is 165 g/mol. The summed E-state index contributed by atoms with van der Waals surface area (Å²) in [4.78, 5) is 0. The Kier molecular flexibility index (Phi) is 3.26. The van der Waals surface area contributed by atoms with Crippen molar-refractivity contribution in [1.29, 1.82) is 0 Å². The lowest BCUT2D eigenvalue weighted by molar-refractivity contribution is 0.185. The SMILES string of the molecule is CCc1ccccc1[C@H](O)CN. The van der Waals surface area contributed by atoms with Crippen LogP contribution in [0, 0.1) is 0 Å². The predicted octanol–water partition coefficient (Wildman–Crippen LogP) is 1.24. The molecule has 0 saturated heterocycles. The van der Waals surface area contributed by atoms with Crippen molar-refractivity contribution in [2.45, 2.75) is 19.4 Å². The van der Waals surface area contributed by atoms with Gasteiger partial charge in [-0.1, -0.05) is 31.2 Å². The second kappa shape index (κ2) is 4.24. The van der Waals surface area contributed by atoms with Gasteiger partial charge in [0.05, 0.1) is 6.10 Å². The smallest absolute Gasteiger partial charge is 0.0914 e. The van der Waals surface area contributed by atoms with Crippen LogP contribution >= 0.6 is 0 Å². The summed E-state index contributed by atoms with van der Waals surface area (Å²) < 4.78 is 0. The molecule has 12 heavy (non-hydrogen) atoms. The maximum Gasteiger partial charge on any atom is 0.0914 e. The van der Waals surface area contributed by atoms with Crippen molar-refractivity contribution >= 4 is 0 Å². The van der Waals surface area contributed by atoms with Gasteiger partial charge in [0.1, 0.15) is 0 Å². The summed E-state index contributed by atoms with van der Waals surface area (Å²) in [6, 6.07) is 7.85. The number of aliphatic hydroxyl groups is 1. The molecule has 1 aromatic rings. The summed E-state index contributed by atoms with van der Waals surface area (Å²) in [5, 5.41) is 9.52. The lowest BCUT2D eigenvalue weighted by Crippen LogP contribution is -2.13. The molecule has 0 spiro atoms. The van der Waals surface area contributed by atoms with E-state index >= 15 is 0 Å². The molecule has 2 heteroatoms. The van der Waals surface area contributed by atoms with Crippen LogP contribution in [0.15, 0.2) is 24.3 Å². The number of aliphatic hydroxyl groups excluding tert-OH is 1. The van der Waals surface area contributed by atoms with Gasteiger partial charge in [-0.15, -0.1) is 0 Å². The summed E-state index contributed by atoms with van der Waals surface area (Å²) in [5.74, 6) is 0. The average Bonchev–Trinajstić information content (AvgIpc) is 2.16. The van der Waals surface area contributed by atoms with Crippen LogP contribution < -0.4 is 5.73 Å². The van der Waals surface area contributed by atoms with Gasteiger partial charge < -0.3 is 10.8 Å². The molecule has 0 unspecified atom stereocenters. The normalized spacial score (nSPS) is 12.9. The Balaban J connectivity index is 2.96. The molecule has 1 aromatic carbocycles. The zero-order chi connectivity index (χ0) is 8.97. The Labute approximate surface area is 73.0 Å². The van der Waals surface area contributed by atoms with Gasteiger partial charge in [-0.2, -0.15) is 0 Å². The molecule has 0 bridgehead atoms. The summed E-state index contributed by atoms with van der Waals surface area (Å²) in [6.07, 6.45) is 0.425. The average molecular weight is 165 g/mol. The summed E-state index contributed by atoms with van der Waals surface area (Å²) in [7, 11) is 0. The minimum Gasteiger partial charge on any atom is -0.387 e. The Morgan fingerprint density at radius 1 is 1.42 bits per heavy atom. The number of rotatable bonds is 3. The molecule has 3 N–H and O–H groups in total. The molecule has 1 atom stereocenters. The van der Waals surface area contributed by atoms with Crippen LogP contribution in [0.3, 0.4) is 0 Å². The molecule has 1 rings (SSSR count). The predicted molar refractivity (Wildman–Crippen MR) is 49.8 cm³/mol. The van der Waals surface area contributed by atoms with Crippen LogP contribution in [0.1, 0.15) is 24.2 Å². The highest BCUT2D eigenvalue weighted by Gasteiger charge is 2.07. The second-order valence-corrected chi connectivity index (χ2v) is 2.80. The first-order valence-corrected chi connectivity index (χ1v) is 4.25. The fraction of sp³-hybridized carbons (Fsp3) is 0.400. The van der Waals surface area contributed by atoms with Crippen LogP contribution in [0.5, 0.6) is 0 Å². The van der Waals surface area contributed by atoms with E-state index in [-0.39, 0.29) is 6.54 Å². The topological polar surface area (TPSA) is 46.2 Å². The van der Waals surface area contributed by atoms with Crippen LogP contribution in [0.4, 0.5) is 0 Å². The quantitative estimate of drug-likeness (QED) is 0.708. The first kappa shape index (κ1) is 9.23. The lowest BCUT2D eigenvalue weighted by atomic mass is 10.0. The van der Waals surface area contributed by atoms with Gasteiger partial charge in [0, 0.05) is 6.54 Å². The molecule has 0 aliphatic rings. The van der Waals surface area contributed by atoms with Crippen molar-refractivity contribution in [2.24, 2.45) is 5.73 Å². The Bertz CT molecular complexity index is 247. The largest absolute Gasteiger partial charge is 0.387 e. The number of nitrogens with two attached hydrogens (primary N) is 1. The van der Waals surface area contributed by atoms with Gasteiger partial charge in [-0.25, -0.2) is 0 Å². The van der Waals surface area contributed by atoms with Gasteiger partial charge in [-0.3, -0.25) is 0 Å². The summed E-state index contributed by atoms with van der Waals surface area (Å²) in [6.45, 7) is 2.36. The zero-order valence-corrected chi connectivity index (χ0v) is 7.33. The number of benzene rings is 1. The Hall–Kier alpha value is -0.860. The molecule has 0 radical (unpaired) electrons. The molecule has 0 saturated carbocycles. The summed E-state index contributed by atoms with van der Waals surface area (Å²) in [5.41, 5.74) is 7.51. The third-order valence-electron chi connectivity index (χ3n) is 2.02. The molecular weight excluding hydrogens is 150 g/mol. The molecule has 0 aliphatic heterocycles. The van der Waals surface area contributed by atoms with Gasteiger partial charge in [0.2, 0.25) is 0 Å². The summed E-state index contributed by atoms with van der Waals surface area (Å²) >= 11 is 0. The van der Waals surface area contributed by atoms with E-state index in [9.17, 15) is 5.11 Å². The highest BCUT2D eigenvalue weighted by Crippen LogP contribution is 2.16. The minimum atomic E-state index is -0.513. The number of hydrogen-bond donors (Lipinski definition) is 2. The van der Waals surface area contributed by atoms with Crippen molar-refractivity contribution in [2.75, 3.05) is 6.54 Å². The van der Waals surface area contributed by atoms with E-state index < -0.39 is 6.10 Å². The molecular formula is C10H15NO. The van der Waals surface area contributed by atoms with Crippen molar-refractivity contribution in [1.82, 2.24) is 0 Å². The highest BCUT2D eigenvalue weighted by atomic mass is 16.3. The molecule has 0 heterocycles. The van der Waals surface area contributed by atoms with Crippen molar-refractivity contribution in [3.05, 3.63) is 35.4 Å². The van der Waals surface area contributed by atoms with Gasteiger partial charge >= 0.3 is 0 Å². The molecule has 2 nitrogen and oxygen atoms in total. The Morgan fingerprint density at radius 3 is 2.67 bits per heavy atom. The second-order valence-electron chi connectivity index (χ2n) is 2.80. The van der Waals surface area contributed by atoms with Crippen molar-refractivity contribution < 1.29 is 5.11 Å². The first-order valence-electron chi connectivity index (χ1n) is 4.25. The van der Waals surface area contributed by atoms with Crippen LogP contribution in [0.2, 0.25) is 0 Å². The number of aryl methyl sites for hydroxylation is 1. The van der Waals surface area contributed by atoms with Crippen LogP contribution in [-0.4, -0.2) is 11.7 Å². The van der Waals surface area contributed by atoms with E-state index in [2.05, 4.69) is 6.92 Å². The van der Waals surface area contributed by atoms with E-state index in [0.717, 1.165) is 12.0 Å². The van der Waals surface area contributed by atoms with Crippen molar-refractivity contribution in [3.8, 4) is 0 Å². The van der Waals surface area contributed by atoms with Gasteiger partial charge in [0.15, 0.2) is 0 Å². The van der Waals surface area contributed by atoms with Gasteiger partial charge in [0.25, 0.3) is 0 Å².